The zero-order valence-electron chi connectivity index (χ0n) is 10.5. The van der Waals surface area contributed by atoms with E-state index in [4.69, 9.17) is 23.2 Å². The van der Waals surface area contributed by atoms with Crippen molar-refractivity contribution in [1.82, 2.24) is 10.2 Å². The lowest BCUT2D eigenvalue weighted by Crippen LogP contribution is -2.45. The van der Waals surface area contributed by atoms with Crippen LogP contribution in [0, 0.1) is 0 Å². The third-order valence-electron chi connectivity index (χ3n) is 3.22. The Hall–Kier alpha value is -1.26. The second-order valence-electron chi connectivity index (χ2n) is 4.39. The van der Waals surface area contributed by atoms with Crippen LogP contribution in [0.5, 0.6) is 0 Å². The van der Waals surface area contributed by atoms with Crippen LogP contribution >= 0.6 is 23.2 Å². The second-order valence-corrected chi connectivity index (χ2v) is 5.24. The average molecular weight is 301 g/mol. The van der Waals surface area contributed by atoms with Crippen LogP contribution in [-0.4, -0.2) is 36.3 Å². The first kappa shape index (κ1) is 14.2. The van der Waals surface area contributed by atoms with Crippen molar-refractivity contribution in [2.75, 3.05) is 13.6 Å². The molecule has 19 heavy (non-hydrogen) atoms. The van der Waals surface area contributed by atoms with Crippen LogP contribution in [0.4, 0.5) is 0 Å². The molecule has 0 unspecified atom stereocenters. The molecule has 1 saturated heterocycles. The van der Waals surface area contributed by atoms with Gasteiger partial charge in [0.25, 0.3) is 5.91 Å². The molecule has 1 heterocycles. The van der Waals surface area contributed by atoms with Gasteiger partial charge in [-0.2, -0.15) is 0 Å². The highest BCUT2D eigenvalue weighted by molar-refractivity contribution is 6.35. The van der Waals surface area contributed by atoms with E-state index in [1.165, 1.54) is 6.07 Å². The Balaban J connectivity index is 2.28. The molecule has 0 aromatic heterocycles. The van der Waals surface area contributed by atoms with E-state index in [2.05, 4.69) is 5.32 Å². The fraction of sp³-hybridized carbons (Fsp3) is 0.385. The van der Waals surface area contributed by atoms with Gasteiger partial charge in [0.1, 0.15) is 6.04 Å². The van der Waals surface area contributed by atoms with E-state index in [0.29, 0.717) is 28.6 Å². The lowest BCUT2D eigenvalue weighted by Gasteiger charge is -2.23. The van der Waals surface area contributed by atoms with Crippen molar-refractivity contribution in [2.45, 2.75) is 18.9 Å². The van der Waals surface area contributed by atoms with Gasteiger partial charge in [-0.3, -0.25) is 9.59 Å². The smallest absolute Gasteiger partial charge is 0.256 e. The van der Waals surface area contributed by atoms with Gasteiger partial charge in [-0.25, -0.2) is 0 Å². The highest BCUT2D eigenvalue weighted by atomic mass is 35.5. The van der Waals surface area contributed by atoms with Crippen molar-refractivity contribution in [3.05, 3.63) is 33.8 Å². The first-order valence-electron chi connectivity index (χ1n) is 6.02. The number of rotatable bonds is 2. The Kier molecular flexibility index (Phi) is 4.32. The SMILES string of the molecule is CNC(=O)[C@@H]1CCCN1C(=O)c1cc(Cl)ccc1Cl. The molecule has 1 N–H and O–H groups in total. The Bertz CT molecular complexity index is 519. The van der Waals surface area contributed by atoms with E-state index >= 15 is 0 Å². The van der Waals surface area contributed by atoms with Crippen LogP contribution in [0.3, 0.4) is 0 Å². The number of likely N-dealkylation sites (N-methyl/N-ethyl adjacent to an activating group) is 1. The molecule has 1 aromatic rings. The quantitative estimate of drug-likeness (QED) is 0.911. The first-order chi connectivity index (χ1) is 9.04. The zero-order chi connectivity index (χ0) is 14.0. The summed E-state index contributed by atoms with van der Waals surface area (Å²) >= 11 is 11.9. The molecule has 0 radical (unpaired) electrons. The Morgan fingerprint density at radius 3 is 2.79 bits per heavy atom. The minimum Gasteiger partial charge on any atom is -0.357 e. The summed E-state index contributed by atoms with van der Waals surface area (Å²) in [6, 6.07) is 4.32. The molecule has 1 aromatic carbocycles. The maximum atomic E-state index is 12.5. The van der Waals surface area contributed by atoms with Gasteiger partial charge in [0.05, 0.1) is 10.6 Å². The fourth-order valence-corrected chi connectivity index (χ4v) is 2.64. The third-order valence-corrected chi connectivity index (χ3v) is 3.79. The minimum absolute atomic E-state index is 0.149. The Labute approximate surface area is 121 Å². The van der Waals surface area contributed by atoms with Gasteiger partial charge in [-0.15, -0.1) is 0 Å². The summed E-state index contributed by atoms with van der Waals surface area (Å²) in [5.74, 6) is -0.400. The number of hydrogen-bond acceptors (Lipinski definition) is 2. The Morgan fingerprint density at radius 2 is 2.11 bits per heavy atom. The van der Waals surface area contributed by atoms with Gasteiger partial charge in [-0.05, 0) is 31.0 Å². The number of likely N-dealkylation sites (tertiary alicyclic amines) is 1. The summed E-state index contributed by atoms with van der Waals surface area (Å²) in [7, 11) is 1.57. The van der Waals surface area contributed by atoms with E-state index in [9.17, 15) is 9.59 Å². The molecule has 2 amide bonds. The van der Waals surface area contributed by atoms with Gasteiger partial charge in [0.15, 0.2) is 0 Å². The lowest BCUT2D eigenvalue weighted by atomic mass is 10.1. The van der Waals surface area contributed by atoms with E-state index in [0.717, 1.165) is 6.42 Å². The maximum absolute atomic E-state index is 12.5. The predicted octanol–water partition coefficient (Wildman–Crippen LogP) is 2.34. The second kappa shape index (κ2) is 5.80. The first-order valence-corrected chi connectivity index (χ1v) is 6.78. The van der Waals surface area contributed by atoms with Crippen molar-refractivity contribution in [2.24, 2.45) is 0 Å². The molecule has 0 bridgehead atoms. The highest BCUT2D eigenvalue weighted by Crippen LogP contribution is 2.26. The molecular formula is C13H14Cl2N2O2. The fourth-order valence-electron chi connectivity index (χ4n) is 2.27. The van der Waals surface area contributed by atoms with Crippen molar-refractivity contribution < 1.29 is 9.59 Å². The zero-order valence-corrected chi connectivity index (χ0v) is 12.0. The van der Waals surface area contributed by atoms with Crippen molar-refractivity contribution in [3.8, 4) is 0 Å². The van der Waals surface area contributed by atoms with Gasteiger partial charge < -0.3 is 10.2 Å². The number of nitrogens with one attached hydrogen (secondary N) is 1. The van der Waals surface area contributed by atoms with Crippen LogP contribution < -0.4 is 5.32 Å². The molecule has 1 fully saturated rings. The predicted molar refractivity (Wildman–Crippen MR) is 74.6 cm³/mol. The van der Waals surface area contributed by atoms with Crippen LogP contribution in [0.15, 0.2) is 18.2 Å². The number of nitrogens with zero attached hydrogens (tertiary/aromatic N) is 1. The number of carbonyl (C=O) groups is 2. The molecule has 4 nitrogen and oxygen atoms in total. The topological polar surface area (TPSA) is 49.4 Å². The van der Waals surface area contributed by atoms with Gasteiger partial charge in [0.2, 0.25) is 5.91 Å². The van der Waals surface area contributed by atoms with Crippen molar-refractivity contribution >= 4 is 35.0 Å². The summed E-state index contributed by atoms with van der Waals surface area (Å²) in [4.78, 5) is 25.8. The third kappa shape index (κ3) is 2.85. The standard InChI is InChI=1S/C13H14Cl2N2O2/c1-16-12(18)11-3-2-6-17(11)13(19)9-7-8(14)4-5-10(9)15/h4-5,7,11H,2-3,6H2,1H3,(H,16,18)/t11-/m0/s1. The summed E-state index contributed by atoms with van der Waals surface area (Å²) in [6.45, 7) is 0.555. The van der Waals surface area contributed by atoms with Crippen molar-refractivity contribution in [1.29, 1.82) is 0 Å². The molecule has 2 rings (SSSR count). The maximum Gasteiger partial charge on any atom is 0.256 e. The number of amides is 2. The van der Waals surface area contributed by atoms with E-state index in [-0.39, 0.29) is 11.8 Å². The van der Waals surface area contributed by atoms with Crippen molar-refractivity contribution in [3.63, 3.8) is 0 Å². The molecule has 102 valence electrons. The van der Waals surface area contributed by atoms with Crippen LogP contribution in [0.1, 0.15) is 23.2 Å². The normalized spacial score (nSPS) is 18.5. The average Bonchev–Trinajstić information content (AvgIpc) is 2.89. The largest absolute Gasteiger partial charge is 0.357 e. The van der Waals surface area contributed by atoms with E-state index in [1.54, 1.807) is 24.1 Å². The molecule has 0 spiro atoms. The van der Waals surface area contributed by atoms with Gasteiger partial charge >= 0.3 is 0 Å². The lowest BCUT2D eigenvalue weighted by molar-refractivity contribution is -0.124. The number of halogens is 2. The van der Waals surface area contributed by atoms with Gasteiger partial charge in [-0.1, -0.05) is 23.2 Å². The summed E-state index contributed by atoms with van der Waals surface area (Å²) in [6.07, 6.45) is 1.48. The van der Waals surface area contributed by atoms with Gasteiger partial charge in [0, 0.05) is 18.6 Å². The van der Waals surface area contributed by atoms with E-state index in [1.807, 2.05) is 0 Å². The molecular weight excluding hydrogens is 287 g/mol. The molecule has 0 aliphatic carbocycles. The molecule has 1 aliphatic rings. The molecule has 0 saturated carbocycles. The Morgan fingerprint density at radius 1 is 1.37 bits per heavy atom. The summed E-state index contributed by atoms with van der Waals surface area (Å²) in [5.41, 5.74) is 0.338. The summed E-state index contributed by atoms with van der Waals surface area (Å²) in [5, 5.41) is 3.37. The summed E-state index contributed by atoms with van der Waals surface area (Å²) < 4.78 is 0. The van der Waals surface area contributed by atoms with Crippen LogP contribution in [-0.2, 0) is 4.79 Å². The number of benzene rings is 1. The number of carbonyl (C=O) groups excluding carboxylic acids is 2. The molecule has 1 aliphatic heterocycles. The monoisotopic (exact) mass is 300 g/mol. The van der Waals surface area contributed by atoms with Crippen LogP contribution in [0.25, 0.3) is 0 Å². The minimum atomic E-state index is -0.424. The number of hydrogen-bond donors (Lipinski definition) is 1. The molecule has 6 heteroatoms. The van der Waals surface area contributed by atoms with E-state index < -0.39 is 6.04 Å². The highest BCUT2D eigenvalue weighted by Gasteiger charge is 2.34. The molecule has 1 atom stereocenters. The van der Waals surface area contributed by atoms with Crippen LogP contribution in [0.2, 0.25) is 10.0 Å².